The molecule has 136 valence electrons. The zero-order chi connectivity index (χ0) is 18.8. The molecule has 7 nitrogen and oxygen atoms in total. The number of hydrogen-bond acceptors (Lipinski definition) is 8. The number of carbonyl (C=O) groups is 1. The van der Waals surface area contributed by atoms with Crippen LogP contribution in [0.25, 0.3) is 22.3 Å². The second-order valence-electron chi connectivity index (χ2n) is 5.78. The van der Waals surface area contributed by atoms with Gasteiger partial charge in [0, 0.05) is 22.4 Å². The molecule has 0 saturated carbocycles. The number of benzene rings is 1. The van der Waals surface area contributed by atoms with Crippen molar-refractivity contribution in [2.24, 2.45) is 0 Å². The van der Waals surface area contributed by atoms with Crippen LogP contribution in [0.15, 0.2) is 45.6 Å². The normalized spacial score (nSPS) is 10.9. The van der Waals surface area contributed by atoms with Crippen molar-refractivity contribution in [3.63, 3.8) is 0 Å². The first-order valence-electron chi connectivity index (χ1n) is 8.12. The molecule has 0 aliphatic carbocycles. The fourth-order valence-corrected chi connectivity index (χ4v) is 3.24. The minimum atomic E-state index is -0.493. The number of ether oxygens (including phenoxy) is 2. The van der Waals surface area contributed by atoms with Crippen LogP contribution in [-0.2, 0) is 11.3 Å². The van der Waals surface area contributed by atoms with Gasteiger partial charge in [0.15, 0.2) is 6.61 Å². The van der Waals surface area contributed by atoms with Gasteiger partial charge < -0.3 is 14.0 Å². The van der Waals surface area contributed by atoms with Crippen LogP contribution in [0.1, 0.15) is 21.9 Å². The Labute approximate surface area is 158 Å². The lowest BCUT2D eigenvalue weighted by molar-refractivity contribution is 0.0428. The number of thiophene rings is 1. The van der Waals surface area contributed by atoms with Gasteiger partial charge in [0.2, 0.25) is 5.82 Å². The van der Waals surface area contributed by atoms with Crippen LogP contribution in [0.4, 0.5) is 0 Å². The predicted octanol–water partition coefficient (Wildman–Crippen LogP) is 4.02. The average molecular weight is 381 g/mol. The Kier molecular flexibility index (Phi) is 4.55. The smallest absolute Gasteiger partial charge is 0.340 e. The van der Waals surface area contributed by atoms with E-state index in [2.05, 4.69) is 15.1 Å². The number of carbonyl (C=O) groups excluding carboxylic acids is 1. The zero-order valence-electron chi connectivity index (χ0n) is 14.6. The first-order chi connectivity index (χ1) is 13.1. The van der Waals surface area contributed by atoms with Gasteiger partial charge in [-0.15, -0.1) is 0 Å². The number of aryl methyl sites for hydroxylation is 1. The standard InChI is InChI=1S/C19H15N3O4S/c1-11-15(7-12-3-4-14(24-2)8-16(12)20-11)19(23)25-9-17-21-18(22-26-17)13-5-6-27-10-13/h3-8,10H,9H2,1-2H3. The summed E-state index contributed by atoms with van der Waals surface area (Å²) in [5.74, 6) is 0.927. The van der Waals surface area contributed by atoms with Crippen LogP contribution in [0.3, 0.4) is 0 Å². The number of hydrogen-bond donors (Lipinski definition) is 0. The Morgan fingerprint density at radius 1 is 1.22 bits per heavy atom. The summed E-state index contributed by atoms with van der Waals surface area (Å²) in [5, 5.41) is 8.56. The predicted molar refractivity (Wildman–Crippen MR) is 99.8 cm³/mol. The Balaban J connectivity index is 1.50. The van der Waals surface area contributed by atoms with Crippen molar-refractivity contribution >= 4 is 28.2 Å². The Bertz CT molecular complexity index is 1110. The molecule has 4 aromatic rings. The fraction of sp³-hybridized carbons (Fsp3) is 0.158. The summed E-state index contributed by atoms with van der Waals surface area (Å²) in [6.45, 7) is 1.66. The minimum absolute atomic E-state index is 0.101. The molecule has 0 radical (unpaired) electrons. The Morgan fingerprint density at radius 3 is 2.89 bits per heavy atom. The maximum Gasteiger partial charge on any atom is 0.340 e. The third-order valence-corrected chi connectivity index (χ3v) is 4.69. The summed E-state index contributed by atoms with van der Waals surface area (Å²) in [7, 11) is 1.60. The van der Waals surface area contributed by atoms with Gasteiger partial charge in [-0.05, 0) is 36.6 Å². The van der Waals surface area contributed by atoms with Crippen LogP contribution in [0, 0.1) is 6.92 Å². The molecule has 0 atom stereocenters. The number of rotatable bonds is 5. The number of methoxy groups -OCH3 is 1. The number of pyridine rings is 1. The summed E-state index contributed by atoms with van der Waals surface area (Å²) in [6, 6.07) is 9.14. The van der Waals surface area contributed by atoms with E-state index in [1.165, 1.54) is 0 Å². The van der Waals surface area contributed by atoms with Gasteiger partial charge in [-0.2, -0.15) is 16.3 Å². The highest BCUT2D eigenvalue weighted by atomic mass is 32.1. The lowest BCUT2D eigenvalue weighted by Gasteiger charge is -2.08. The highest BCUT2D eigenvalue weighted by Gasteiger charge is 2.16. The summed E-state index contributed by atoms with van der Waals surface area (Å²) in [4.78, 5) is 21.2. The van der Waals surface area contributed by atoms with E-state index < -0.39 is 5.97 Å². The van der Waals surface area contributed by atoms with Crippen LogP contribution in [0.2, 0.25) is 0 Å². The number of aromatic nitrogens is 3. The molecule has 1 aromatic carbocycles. The van der Waals surface area contributed by atoms with E-state index >= 15 is 0 Å². The lowest BCUT2D eigenvalue weighted by Crippen LogP contribution is -2.08. The van der Waals surface area contributed by atoms with Gasteiger partial charge in [0.05, 0.1) is 23.9 Å². The van der Waals surface area contributed by atoms with Gasteiger partial charge in [0.25, 0.3) is 5.89 Å². The van der Waals surface area contributed by atoms with Crippen LogP contribution in [0.5, 0.6) is 5.75 Å². The molecule has 0 aliphatic heterocycles. The molecule has 3 aromatic heterocycles. The van der Waals surface area contributed by atoms with Gasteiger partial charge in [-0.1, -0.05) is 5.16 Å². The Hall–Kier alpha value is -3.26. The quantitative estimate of drug-likeness (QED) is 0.483. The van der Waals surface area contributed by atoms with Crippen LogP contribution >= 0.6 is 11.3 Å². The SMILES string of the molecule is COc1ccc2cc(C(=O)OCc3nc(-c4ccsc4)no3)c(C)nc2c1. The van der Waals surface area contributed by atoms with Crippen molar-refractivity contribution in [3.05, 3.63) is 58.2 Å². The van der Waals surface area contributed by atoms with Crippen LogP contribution < -0.4 is 4.74 Å². The Morgan fingerprint density at radius 2 is 2.11 bits per heavy atom. The minimum Gasteiger partial charge on any atom is -0.497 e. The molecule has 4 rings (SSSR count). The van der Waals surface area contributed by atoms with E-state index in [9.17, 15) is 4.79 Å². The van der Waals surface area contributed by atoms with E-state index in [1.807, 2.05) is 35.0 Å². The van der Waals surface area contributed by atoms with Crippen molar-refractivity contribution in [2.45, 2.75) is 13.5 Å². The molecular formula is C19H15N3O4S. The summed E-state index contributed by atoms with van der Waals surface area (Å²) < 4.78 is 15.7. The number of fused-ring (bicyclic) bond motifs is 1. The third-order valence-electron chi connectivity index (χ3n) is 4.01. The van der Waals surface area contributed by atoms with Gasteiger partial charge in [0.1, 0.15) is 5.75 Å². The number of nitrogens with zero attached hydrogens (tertiary/aromatic N) is 3. The topological polar surface area (TPSA) is 87.3 Å². The fourth-order valence-electron chi connectivity index (χ4n) is 2.60. The van der Waals surface area contributed by atoms with Gasteiger partial charge in [-0.25, -0.2) is 4.79 Å². The van der Waals surface area contributed by atoms with E-state index in [1.54, 1.807) is 31.4 Å². The molecule has 0 bridgehead atoms. The summed E-state index contributed by atoms with van der Waals surface area (Å²) in [5.41, 5.74) is 2.59. The van der Waals surface area contributed by atoms with E-state index in [0.29, 0.717) is 22.8 Å². The highest BCUT2D eigenvalue weighted by Crippen LogP contribution is 2.23. The van der Waals surface area contributed by atoms with Crippen molar-refractivity contribution < 1.29 is 18.8 Å². The average Bonchev–Trinajstić information content (AvgIpc) is 3.36. The molecule has 0 aliphatic rings. The third kappa shape index (κ3) is 3.52. The lowest BCUT2D eigenvalue weighted by atomic mass is 10.1. The number of esters is 1. The van der Waals surface area contributed by atoms with Gasteiger partial charge in [-0.3, -0.25) is 4.98 Å². The molecule has 0 fully saturated rings. The highest BCUT2D eigenvalue weighted by molar-refractivity contribution is 7.08. The maximum absolute atomic E-state index is 12.5. The van der Waals surface area contributed by atoms with Crippen LogP contribution in [-0.4, -0.2) is 28.2 Å². The van der Waals surface area contributed by atoms with Crippen molar-refractivity contribution in [3.8, 4) is 17.1 Å². The molecule has 0 N–H and O–H groups in total. The van der Waals surface area contributed by atoms with Gasteiger partial charge >= 0.3 is 5.97 Å². The molecule has 0 saturated heterocycles. The second kappa shape index (κ2) is 7.16. The molecule has 8 heteroatoms. The molecule has 0 spiro atoms. The van der Waals surface area contributed by atoms with Crippen molar-refractivity contribution in [1.82, 2.24) is 15.1 Å². The molecular weight excluding hydrogens is 366 g/mol. The first kappa shape index (κ1) is 17.2. The van der Waals surface area contributed by atoms with E-state index in [4.69, 9.17) is 14.0 Å². The monoisotopic (exact) mass is 381 g/mol. The summed E-state index contributed by atoms with van der Waals surface area (Å²) >= 11 is 1.54. The second-order valence-corrected chi connectivity index (χ2v) is 6.56. The molecule has 0 amide bonds. The first-order valence-corrected chi connectivity index (χ1v) is 9.06. The molecule has 0 unspecified atom stereocenters. The van der Waals surface area contributed by atoms with Crippen molar-refractivity contribution in [2.75, 3.05) is 7.11 Å². The largest absolute Gasteiger partial charge is 0.497 e. The van der Waals surface area contributed by atoms with Crippen molar-refractivity contribution in [1.29, 1.82) is 0 Å². The zero-order valence-corrected chi connectivity index (χ0v) is 15.4. The summed E-state index contributed by atoms with van der Waals surface area (Å²) in [6.07, 6.45) is 0. The molecule has 27 heavy (non-hydrogen) atoms. The maximum atomic E-state index is 12.5. The van der Waals surface area contributed by atoms with E-state index in [0.717, 1.165) is 16.5 Å². The van der Waals surface area contributed by atoms with E-state index in [-0.39, 0.29) is 12.5 Å². The molecule has 3 heterocycles.